The van der Waals surface area contributed by atoms with Crippen molar-refractivity contribution in [3.8, 4) is 22.9 Å². The number of rotatable bonds is 2. The molecule has 0 saturated carbocycles. The van der Waals surface area contributed by atoms with Crippen LogP contribution in [0.4, 0.5) is 0 Å². The van der Waals surface area contributed by atoms with Crippen molar-refractivity contribution in [3.05, 3.63) is 50.8 Å². The fraction of sp³-hybridized carbons (Fsp3) is 0.318. The van der Waals surface area contributed by atoms with Crippen molar-refractivity contribution in [1.82, 2.24) is 9.55 Å². The van der Waals surface area contributed by atoms with Crippen LogP contribution in [0, 0.1) is 0 Å². The van der Waals surface area contributed by atoms with Crippen LogP contribution >= 0.6 is 15.9 Å². The van der Waals surface area contributed by atoms with E-state index in [9.17, 15) is 9.59 Å². The zero-order valence-corrected chi connectivity index (χ0v) is 17.7. The highest BCUT2D eigenvalue weighted by atomic mass is 79.9. The van der Waals surface area contributed by atoms with Crippen LogP contribution in [0.15, 0.2) is 23.0 Å². The van der Waals surface area contributed by atoms with Gasteiger partial charge in [-0.05, 0) is 29.7 Å². The minimum atomic E-state index is -0.415. The van der Waals surface area contributed by atoms with E-state index in [4.69, 9.17) is 19.2 Å². The highest BCUT2D eigenvalue weighted by molar-refractivity contribution is 9.08. The van der Waals surface area contributed by atoms with Crippen molar-refractivity contribution in [2.45, 2.75) is 37.7 Å². The number of hydrogen-bond donors (Lipinski definition) is 0. The summed E-state index contributed by atoms with van der Waals surface area (Å²) >= 11 is 3.62. The minimum Gasteiger partial charge on any atom is -0.460 e. The molecule has 0 amide bonds. The lowest BCUT2D eigenvalue weighted by atomic mass is 9.90. The van der Waals surface area contributed by atoms with Crippen LogP contribution in [0.2, 0.25) is 0 Å². The number of fused-ring (bicyclic) bond motifs is 6. The van der Waals surface area contributed by atoms with E-state index >= 15 is 0 Å². The Morgan fingerprint density at radius 2 is 1.93 bits per heavy atom. The molecule has 2 aromatic heterocycles. The molecule has 30 heavy (non-hydrogen) atoms. The molecule has 0 fully saturated rings. The Labute approximate surface area is 179 Å². The molecule has 1 aromatic carbocycles. The van der Waals surface area contributed by atoms with Crippen molar-refractivity contribution in [1.29, 1.82) is 0 Å². The highest BCUT2D eigenvalue weighted by Gasteiger charge is 2.35. The molecule has 7 nitrogen and oxygen atoms in total. The van der Waals surface area contributed by atoms with Crippen LogP contribution in [-0.4, -0.2) is 22.3 Å². The van der Waals surface area contributed by atoms with Gasteiger partial charge in [0.25, 0.3) is 5.56 Å². The molecule has 5 heterocycles. The molecule has 0 radical (unpaired) electrons. The SMILES string of the molecule is CCC1C(=O)OCc2c1cc1n(c2=O)Cc2c-1nc1cc3c(cc1c2CBr)OCO3. The van der Waals surface area contributed by atoms with Gasteiger partial charge in [0.1, 0.15) is 6.61 Å². The molecule has 0 aliphatic carbocycles. The maximum atomic E-state index is 13.3. The third kappa shape index (κ3) is 2.28. The Kier molecular flexibility index (Phi) is 3.78. The summed E-state index contributed by atoms with van der Waals surface area (Å²) in [6, 6.07) is 5.80. The van der Waals surface area contributed by atoms with Gasteiger partial charge >= 0.3 is 5.97 Å². The number of ether oxygens (including phenoxy) is 3. The predicted molar refractivity (Wildman–Crippen MR) is 112 cm³/mol. The predicted octanol–water partition coefficient (Wildman–Crippen LogP) is 3.60. The molecule has 6 rings (SSSR count). The van der Waals surface area contributed by atoms with Crippen molar-refractivity contribution in [2.24, 2.45) is 0 Å². The molecule has 3 aliphatic rings. The number of carbonyl (C=O) groups is 1. The van der Waals surface area contributed by atoms with E-state index in [1.807, 2.05) is 25.1 Å². The van der Waals surface area contributed by atoms with E-state index in [1.165, 1.54) is 0 Å². The van der Waals surface area contributed by atoms with Gasteiger partial charge in [-0.15, -0.1) is 0 Å². The largest absolute Gasteiger partial charge is 0.460 e. The topological polar surface area (TPSA) is 79.7 Å². The van der Waals surface area contributed by atoms with Crippen molar-refractivity contribution < 1.29 is 19.0 Å². The summed E-state index contributed by atoms with van der Waals surface area (Å²) < 4.78 is 18.1. The normalized spacial score (nSPS) is 18.2. The van der Waals surface area contributed by atoms with Crippen LogP contribution in [0.25, 0.3) is 22.3 Å². The smallest absolute Gasteiger partial charge is 0.313 e. The van der Waals surface area contributed by atoms with Gasteiger partial charge in [-0.2, -0.15) is 0 Å². The lowest BCUT2D eigenvalue weighted by Crippen LogP contribution is -2.32. The van der Waals surface area contributed by atoms with E-state index in [-0.39, 0.29) is 24.9 Å². The van der Waals surface area contributed by atoms with Crippen molar-refractivity contribution in [3.63, 3.8) is 0 Å². The third-order valence-corrected chi connectivity index (χ3v) is 6.81. The highest BCUT2D eigenvalue weighted by Crippen LogP contribution is 2.42. The van der Waals surface area contributed by atoms with Gasteiger partial charge in [-0.25, -0.2) is 4.98 Å². The van der Waals surface area contributed by atoms with Gasteiger partial charge in [0.2, 0.25) is 6.79 Å². The first-order valence-electron chi connectivity index (χ1n) is 9.85. The zero-order chi connectivity index (χ0) is 20.6. The average Bonchev–Trinajstić information content (AvgIpc) is 3.35. The van der Waals surface area contributed by atoms with E-state index in [0.29, 0.717) is 35.4 Å². The Bertz CT molecular complexity index is 1330. The maximum absolute atomic E-state index is 13.3. The summed E-state index contributed by atoms with van der Waals surface area (Å²) in [7, 11) is 0. The molecular weight excluding hydrogens is 452 g/mol. The molecule has 8 heteroatoms. The van der Waals surface area contributed by atoms with Gasteiger partial charge in [-0.3, -0.25) is 9.59 Å². The van der Waals surface area contributed by atoms with E-state index < -0.39 is 5.92 Å². The molecule has 3 aromatic rings. The summed E-state index contributed by atoms with van der Waals surface area (Å²) in [4.78, 5) is 30.5. The summed E-state index contributed by atoms with van der Waals surface area (Å²) in [6.07, 6.45) is 0.586. The van der Waals surface area contributed by atoms with Crippen molar-refractivity contribution >= 4 is 32.8 Å². The van der Waals surface area contributed by atoms with Crippen molar-refractivity contribution in [2.75, 3.05) is 6.79 Å². The summed E-state index contributed by atoms with van der Waals surface area (Å²) in [5.74, 6) is 0.690. The summed E-state index contributed by atoms with van der Waals surface area (Å²) in [5.41, 5.74) is 5.65. The second kappa shape index (κ2) is 6.31. The number of carbonyl (C=O) groups excluding carboxylic acids is 1. The van der Waals surface area contributed by atoms with Gasteiger partial charge in [0, 0.05) is 22.3 Å². The number of halogens is 1. The molecule has 0 bridgehead atoms. The molecule has 1 atom stereocenters. The van der Waals surface area contributed by atoms with E-state index in [1.54, 1.807) is 4.57 Å². The van der Waals surface area contributed by atoms with Gasteiger partial charge in [-0.1, -0.05) is 22.9 Å². The molecular formula is C22H17BrN2O5. The molecule has 0 spiro atoms. The average molecular weight is 469 g/mol. The standard InChI is InChI=1S/C22H17BrN2O5/c1-2-10-11-3-17-20-14(7-25(17)21(26)15(11)8-28-22(10)27)13(6-23)12-4-18-19(30-9-29-18)5-16(12)24-20/h3-5,10H,2,6-9H2,1H3. The van der Waals surface area contributed by atoms with Crippen LogP contribution < -0.4 is 15.0 Å². The Hall–Kier alpha value is -2.87. The number of pyridine rings is 2. The molecule has 152 valence electrons. The zero-order valence-electron chi connectivity index (χ0n) is 16.2. The number of aromatic nitrogens is 2. The second-order valence-corrected chi connectivity index (χ2v) is 8.26. The number of benzene rings is 1. The lowest BCUT2D eigenvalue weighted by Gasteiger charge is -2.24. The van der Waals surface area contributed by atoms with E-state index in [0.717, 1.165) is 39.0 Å². The number of alkyl halides is 1. The number of nitrogens with zero attached hydrogens (tertiary/aromatic N) is 2. The third-order valence-electron chi connectivity index (χ3n) is 6.25. The minimum absolute atomic E-state index is 0.0300. The molecule has 3 aliphatic heterocycles. The molecule has 0 saturated heterocycles. The van der Waals surface area contributed by atoms with Crippen LogP contribution in [-0.2, 0) is 28.0 Å². The molecule has 1 unspecified atom stereocenters. The van der Waals surface area contributed by atoms with Gasteiger partial charge < -0.3 is 18.8 Å². The first kappa shape index (κ1) is 17.9. The Morgan fingerprint density at radius 3 is 2.70 bits per heavy atom. The second-order valence-electron chi connectivity index (χ2n) is 7.70. The van der Waals surface area contributed by atoms with Crippen LogP contribution in [0.3, 0.4) is 0 Å². The van der Waals surface area contributed by atoms with E-state index in [2.05, 4.69) is 15.9 Å². The summed E-state index contributed by atoms with van der Waals surface area (Å²) in [5, 5.41) is 1.60. The number of esters is 1. The monoisotopic (exact) mass is 468 g/mol. The Morgan fingerprint density at radius 1 is 1.13 bits per heavy atom. The molecule has 0 N–H and O–H groups in total. The van der Waals surface area contributed by atoms with Crippen LogP contribution in [0.1, 0.15) is 41.5 Å². The maximum Gasteiger partial charge on any atom is 0.313 e. The van der Waals surface area contributed by atoms with Gasteiger partial charge in [0.15, 0.2) is 11.5 Å². The summed E-state index contributed by atoms with van der Waals surface area (Å²) in [6.45, 7) is 2.60. The first-order valence-corrected chi connectivity index (χ1v) is 11.0. The first-order chi connectivity index (χ1) is 14.6. The number of hydrogen-bond acceptors (Lipinski definition) is 6. The lowest BCUT2D eigenvalue weighted by molar-refractivity contribution is -0.148. The fourth-order valence-electron chi connectivity index (χ4n) is 4.73. The van der Waals surface area contributed by atoms with Gasteiger partial charge in [0.05, 0.1) is 34.9 Å². The fourth-order valence-corrected chi connectivity index (χ4v) is 5.37. The van der Waals surface area contributed by atoms with Crippen LogP contribution in [0.5, 0.6) is 11.5 Å². The quantitative estimate of drug-likeness (QED) is 0.330. The Balaban J connectivity index is 1.64. The number of cyclic esters (lactones) is 1.